The summed E-state index contributed by atoms with van der Waals surface area (Å²) in [5, 5.41) is 5.06. The molecular formula is C18H21NO3S2. The van der Waals surface area contributed by atoms with Crippen LogP contribution in [0.2, 0.25) is 0 Å². The van der Waals surface area contributed by atoms with E-state index in [0.29, 0.717) is 6.42 Å². The summed E-state index contributed by atoms with van der Waals surface area (Å²) >= 11 is 1.57. The average molecular weight is 364 g/mol. The Balaban J connectivity index is 1.58. The minimum Gasteiger partial charge on any atom is -0.351 e. The van der Waals surface area contributed by atoms with E-state index in [0.717, 1.165) is 5.75 Å². The van der Waals surface area contributed by atoms with Crippen molar-refractivity contribution in [3.05, 3.63) is 48.0 Å². The summed E-state index contributed by atoms with van der Waals surface area (Å²) in [6.07, 6.45) is 0.523. The van der Waals surface area contributed by atoms with Crippen LogP contribution in [0.3, 0.4) is 0 Å². The number of hydrogen-bond acceptors (Lipinski definition) is 4. The van der Waals surface area contributed by atoms with Crippen molar-refractivity contribution in [2.45, 2.75) is 30.4 Å². The normalized spacial score (nSPS) is 20.8. The molecule has 0 aliphatic carbocycles. The van der Waals surface area contributed by atoms with E-state index < -0.39 is 9.84 Å². The van der Waals surface area contributed by atoms with E-state index in [9.17, 15) is 13.2 Å². The lowest BCUT2D eigenvalue weighted by atomic mass is 10.1. The largest absolute Gasteiger partial charge is 0.351 e. The Labute approximate surface area is 146 Å². The van der Waals surface area contributed by atoms with E-state index >= 15 is 0 Å². The van der Waals surface area contributed by atoms with Crippen molar-refractivity contribution in [1.29, 1.82) is 0 Å². The quantitative estimate of drug-likeness (QED) is 0.887. The molecule has 24 heavy (non-hydrogen) atoms. The third kappa shape index (κ3) is 4.11. The number of sulfone groups is 1. The van der Waals surface area contributed by atoms with Crippen molar-refractivity contribution < 1.29 is 13.2 Å². The number of rotatable bonds is 5. The molecule has 128 valence electrons. The molecule has 1 amide bonds. The summed E-state index contributed by atoms with van der Waals surface area (Å²) in [7, 11) is -2.97. The molecule has 1 heterocycles. The molecule has 1 fully saturated rings. The minimum atomic E-state index is -2.97. The SMILES string of the molecule is C[C@@H](SCc1cccc2ccccc12)C(=O)N[C@@H]1CCS(=O)(=O)C1. The first-order chi connectivity index (χ1) is 11.4. The topological polar surface area (TPSA) is 63.2 Å². The summed E-state index contributed by atoms with van der Waals surface area (Å²) in [6, 6.07) is 14.2. The van der Waals surface area contributed by atoms with E-state index in [1.54, 1.807) is 11.8 Å². The molecule has 4 nitrogen and oxygen atoms in total. The Kier molecular flexibility index (Phi) is 5.15. The molecule has 0 saturated carbocycles. The molecule has 2 atom stereocenters. The summed E-state index contributed by atoms with van der Waals surface area (Å²) in [4.78, 5) is 12.3. The molecule has 0 bridgehead atoms. The molecule has 0 radical (unpaired) electrons. The van der Waals surface area contributed by atoms with Crippen molar-refractivity contribution in [1.82, 2.24) is 5.32 Å². The number of benzene rings is 2. The van der Waals surface area contributed by atoms with Crippen LogP contribution in [0, 0.1) is 0 Å². The molecule has 0 aromatic heterocycles. The summed E-state index contributed by atoms with van der Waals surface area (Å²) in [5.74, 6) is 0.913. The van der Waals surface area contributed by atoms with Crippen LogP contribution in [0.4, 0.5) is 0 Å². The monoisotopic (exact) mass is 363 g/mol. The number of hydrogen-bond donors (Lipinski definition) is 1. The maximum Gasteiger partial charge on any atom is 0.233 e. The Morgan fingerprint density at radius 3 is 2.75 bits per heavy atom. The van der Waals surface area contributed by atoms with Crippen LogP contribution in [0.25, 0.3) is 10.8 Å². The van der Waals surface area contributed by atoms with Gasteiger partial charge in [0, 0.05) is 11.8 Å². The van der Waals surface area contributed by atoms with E-state index in [2.05, 4.69) is 29.6 Å². The number of carbonyl (C=O) groups is 1. The van der Waals surface area contributed by atoms with Gasteiger partial charge in [0.05, 0.1) is 16.8 Å². The second-order valence-electron chi connectivity index (χ2n) is 6.20. The van der Waals surface area contributed by atoms with E-state index in [1.807, 2.05) is 25.1 Å². The van der Waals surface area contributed by atoms with E-state index in [1.165, 1.54) is 16.3 Å². The average Bonchev–Trinajstić information content (AvgIpc) is 2.91. The number of carbonyl (C=O) groups excluding carboxylic acids is 1. The minimum absolute atomic E-state index is 0.0689. The third-order valence-corrected chi connectivity index (χ3v) is 7.28. The van der Waals surface area contributed by atoms with Crippen molar-refractivity contribution in [2.24, 2.45) is 0 Å². The van der Waals surface area contributed by atoms with E-state index in [-0.39, 0.29) is 28.7 Å². The zero-order valence-corrected chi connectivity index (χ0v) is 15.2. The molecular weight excluding hydrogens is 342 g/mol. The second kappa shape index (κ2) is 7.15. The Hall–Kier alpha value is -1.53. The molecule has 1 aliphatic rings. The number of thioether (sulfide) groups is 1. The molecule has 3 rings (SSSR count). The van der Waals surface area contributed by atoms with Gasteiger partial charge in [-0.2, -0.15) is 0 Å². The van der Waals surface area contributed by atoms with Crippen LogP contribution in [0.5, 0.6) is 0 Å². The Morgan fingerprint density at radius 1 is 1.25 bits per heavy atom. The van der Waals surface area contributed by atoms with Crippen molar-refractivity contribution in [3.63, 3.8) is 0 Å². The molecule has 0 spiro atoms. The lowest BCUT2D eigenvalue weighted by Gasteiger charge is -2.16. The maximum atomic E-state index is 12.3. The highest BCUT2D eigenvalue weighted by atomic mass is 32.2. The zero-order chi connectivity index (χ0) is 17.2. The van der Waals surface area contributed by atoms with Crippen LogP contribution >= 0.6 is 11.8 Å². The lowest BCUT2D eigenvalue weighted by molar-refractivity contribution is -0.120. The van der Waals surface area contributed by atoms with Crippen LogP contribution in [-0.2, 0) is 20.4 Å². The van der Waals surface area contributed by atoms with Gasteiger partial charge < -0.3 is 5.32 Å². The van der Waals surface area contributed by atoms with Gasteiger partial charge in [0.1, 0.15) is 0 Å². The fraction of sp³-hybridized carbons (Fsp3) is 0.389. The lowest BCUT2D eigenvalue weighted by Crippen LogP contribution is -2.40. The van der Waals surface area contributed by atoms with Crippen LogP contribution < -0.4 is 5.32 Å². The highest BCUT2D eigenvalue weighted by Gasteiger charge is 2.29. The number of nitrogens with one attached hydrogen (secondary N) is 1. The smallest absolute Gasteiger partial charge is 0.233 e. The zero-order valence-electron chi connectivity index (χ0n) is 13.6. The first-order valence-electron chi connectivity index (χ1n) is 8.04. The van der Waals surface area contributed by atoms with Gasteiger partial charge in [-0.3, -0.25) is 4.79 Å². The molecule has 1 N–H and O–H groups in total. The summed E-state index contributed by atoms with van der Waals surface area (Å²) in [6.45, 7) is 1.87. The van der Waals surface area contributed by atoms with Gasteiger partial charge in [-0.05, 0) is 29.7 Å². The van der Waals surface area contributed by atoms with Gasteiger partial charge in [-0.1, -0.05) is 42.5 Å². The highest BCUT2D eigenvalue weighted by Crippen LogP contribution is 2.25. The number of fused-ring (bicyclic) bond motifs is 1. The first kappa shape index (κ1) is 17.3. The molecule has 6 heteroatoms. The molecule has 2 aromatic carbocycles. The van der Waals surface area contributed by atoms with Gasteiger partial charge in [-0.25, -0.2) is 8.42 Å². The highest BCUT2D eigenvalue weighted by molar-refractivity contribution is 7.99. The third-order valence-electron chi connectivity index (χ3n) is 4.32. The molecule has 1 aliphatic heterocycles. The number of amides is 1. The van der Waals surface area contributed by atoms with Crippen LogP contribution in [0.1, 0.15) is 18.9 Å². The van der Waals surface area contributed by atoms with Gasteiger partial charge in [0.15, 0.2) is 9.84 Å². The molecule has 0 unspecified atom stereocenters. The van der Waals surface area contributed by atoms with Gasteiger partial charge in [0.2, 0.25) is 5.91 Å². The first-order valence-corrected chi connectivity index (χ1v) is 10.9. The standard InChI is InChI=1S/C18H21NO3S2/c1-13(18(20)19-16-9-10-24(21,22)12-16)23-11-15-7-4-6-14-5-2-3-8-17(14)15/h2-8,13,16H,9-12H2,1H3,(H,19,20)/t13-,16-/m1/s1. The van der Waals surface area contributed by atoms with Crippen LogP contribution in [-0.4, -0.2) is 37.1 Å². The van der Waals surface area contributed by atoms with Gasteiger partial charge >= 0.3 is 0 Å². The molecule has 1 saturated heterocycles. The molecule has 2 aromatic rings. The van der Waals surface area contributed by atoms with Crippen LogP contribution in [0.15, 0.2) is 42.5 Å². The summed E-state index contributed by atoms with van der Waals surface area (Å²) < 4.78 is 22.9. The van der Waals surface area contributed by atoms with Gasteiger partial charge in [-0.15, -0.1) is 11.8 Å². The van der Waals surface area contributed by atoms with Crippen molar-refractivity contribution in [2.75, 3.05) is 11.5 Å². The Bertz CT molecular complexity index is 843. The predicted octanol–water partition coefficient (Wildman–Crippen LogP) is 2.76. The van der Waals surface area contributed by atoms with E-state index in [4.69, 9.17) is 0 Å². The maximum absolute atomic E-state index is 12.3. The predicted molar refractivity (Wildman–Crippen MR) is 99.9 cm³/mol. The summed E-state index contributed by atoms with van der Waals surface area (Å²) in [5.41, 5.74) is 1.21. The second-order valence-corrected chi connectivity index (χ2v) is 9.76. The van der Waals surface area contributed by atoms with Crippen molar-refractivity contribution in [3.8, 4) is 0 Å². The van der Waals surface area contributed by atoms with Gasteiger partial charge in [0.25, 0.3) is 0 Å². The fourth-order valence-electron chi connectivity index (χ4n) is 2.94. The fourth-order valence-corrected chi connectivity index (χ4v) is 5.51. The Morgan fingerprint density at radius 2 is 2.00 bits per heavy atom. The van der Waals surface area contributed by atoms with Crippen molar-refractivity contribution >= 4 is 38.3 Å².